The monoisotopic (exact) mass is 501 g/mol. The van der Waals surface area contributed by atoms with Crippen LogP contribution in [0.3, 0.4) is 0 Å². The summed E-state index contributed by atoms with van der Waals surface area (Å²) in [6.45, 7) is 7.17. The lowest BCUT2D eigenvalue weighted by Crippen LogP contribution is -2.45. The van der Waals surface area contributed by atoms with Gasteiger partial charge in [-0.3, -0.25) is 9.59 Å². The zero-order valence-corrected chi connectivity index (χ0v) is 21.1. The molecule has 1 aromatic carbocycles. The first-order valence-corrected chi connectivity index (χ1v) is 11.8. The molecule has 0 aliphatic carbocycles. The Morgan fingerprint density at radius 1 is 1.03 bits per heavy atom. The molecular weight excluding hydrogens is 466 g/mol. The fraction of sp³-hybridized carbons (Fsp3) is 0.480. The summed E-state index contributed by atoms with van der Waals surface area (Å²) in [6.07, 6.45) is 2.77. The van der Waals surface area contributed by atoms with E-state index in [4.69, 9.17) is 15.2 Å². The molecule has 1 heterocycles. The second-order valence-corrected chi connectivity index (χ2v) is 9.26. The van der Waals surface area contributed by atoms with E-state index >= 15 is 0 Å². The second kappa shape index (κ2) is 13.4. The number of H-pyrrole nitrogens is 1. The third-order valence-electron chi connectivity index (χ3n) is 4.95. The van der Waals surface area contributed by atoms with Crippen molar-refractivity contribution in [2.75, 3.05) is 6.54 Å². The minimum Gasteiger partial charge on any atom is -0.459 e. The molecule has 2 aromatic rings. The number of unbranched alkanes of at least 4 members (excludes halogenated alkanes) is 1. The van der Waals surface area contributed by atoms with Crippen LogP contribution < -0.4 is 16.4 Å². The number of nitrogens with zero attached hydrogens (tertiary/aromatic N) is 1. The molecular formula is C25H35N5O6. The lowest BCUT2D eigenvalue weighted by molar-refractivity contribution is -0.157. The molecule has 11 heteroatoms. The molecule has 0 saturated heterocycles. The number of esters is 2. The fourth-order valence-corrected chi connectivity index (χ4v) is 3.16. The van der Waals surface area contributed by atoms with E-state index in [1.165, 1.54) is 13.3 Å². The van der Waals surface area contributed by atoms with Crippen LogP contribution in [-0.4, -0.2) is 58.0 Å². The van der Waals surface area contributed by atoms with Crippen LogP contribution in [0.15, 0.2) is 36.7 Å². The van der Waals surface area contributed by atoms with Gasteiger partial charge < -0.3 is 30.8 Å². The topological polar surface area (TPSA) is 165 Å². The van der Waals surface area contributed by atoms with Gasteiger partial charge >= 0.3 is 11.9 Å². The van der Waals surface area contributed by atoms with Crippen LogP contribution in [0.1, 0.15) is 73.5 Å². The summed E-state index contributed by atoms with van der Waals surface area (Å²) < 4.78 is 10.6. The smallest absolute Gasteiger partial charge is 0.329 e. The third kappa shape index (κ3) is 9.14. The highest BCUT2D eigenvalue weighted by atomic mass is 16.6. The summed E-state index contributed by atoms with van der Waals surface area (Å²) in [5.74, 6) is -2.69. The van der Waals surface area contributed by atoms with Gasteiger partial charge in [0.25, 0.3) is 11.8 Å². The molecule has 0 aliphatic heterocycles. The molecule has 2 rings (SSSR count). The first-order chi connectivity index (χ1) is 17.0. The number of ether oxygens (including phenoxy) is 2. The van der Waals surface area contributed by atoms with Crippen LogP contribution >= 0.6 is 0 Å². The number of aromatic amines is 1. The highest BCUT2D eigenvalue weighted by Crippen LogP contribution is 2.13. The molecule has 1 aromatic heterocycles. The van der Waals surface area contributed by atoms with Crippen LogP contribution in [0.5, 0.6) is 0 Å². The lowest BCUT2D eigenvalue weighted by atomic mass is 10.1. The number of carbonyl (C=O) groups is 4. The maximum Gasteiger partial charge on any atom is 0.329 e. The molecule has 36 heavy (non-hydrogen) atoms. The molecule has 0 fully saturated rings. The van der Waals surface area contributed by atoms with Crippen molar-refractivity contribution in [1.82, 2.24) is 20.6 Å². The minimum absolute atomic E-state index is 0.0617. The van der Waals surface area contributed by atoms with Crippen molar-refractivity contribution < 1.29 is 28.7 Å². The molecule has 11 nitrogen and oxygen atoms in total. The molecule has 0 bridgehead atoms. The van der Waals surface area contributed by atoms with Crippen molar-refractivity contribution in [2.24, 2.45) is 5.73 Å². The van der Waals surface area contributed by atoms with Crippen molar-refractivity contribution in [1.29, 1.82) is 0 Å². The summed E-state index contributed by atoms with van der Waals surface area (Å²) in [6, 6.07) is 7.20. The average Bonchev–Trinajstić information content (AvgIpc) is 3.32. The number of hydrogen-bond donors (Lipinski definition) is 4. The number of aromatic nitrogens is 2. The Bertz CT molecular complexity index is 1030. The van der Waals surface area contributed by atoms with Gasteiger partial charge in [0.15, 0.2) is 5.69 Å². The first-order valence-electron chi connectivity index (χ1n) is 11.8. The van der Waals surface area contributed by atoms with Crippen molar-refractivity contribution in [3.8, 4) is 0 Å². The normalized spacial score (nSPS) is 12.8. The van der Waals surface area contributed by atoms with Crippen LogP contribution in [0.2, 0.25) is 0 Å². The summed E-state index contributed by atoms with van der Waals surface area (Å²) in [7, 11) is 0. The molecule has 0 spiro atoms. The minimum atomic E-state index is -0.986. The van der Waals surface area contributed by atoms with Gasteiger partial charge in [-0.15, -0.1) is 0 Å². The summed E-state index contributed by atoms with van der Waals surface area (Å²) in [5.41, 5.74) is 5.24. The number of imidazole rings is 1. The average molecular weight is 502 g/mol. The van der Waals surface area contributed by atoms with E-state index in [1.54, 1.807) is 20.8 Å². The zero-order chi connectivity index (χ0) is 26.7. The third-order valence-corrected chi connectivity index (χ3v) is 4.95. The van der Waals surface area contributed by atoms with E-state index in [9.17, 15) is 19.2 Å². The van der Waals surface area contributed by atoms with E-state index in [0.717, 1.165) is 5.56 Å². The number of carbonyl (C=O) groups excluding carboxylic acids is 4. The number of rotatable bonds is 12. The Morgan fingerprint density at radius 3 is 2.36 bits per heavy atom. The fourth-order valence-electron chi connectivity index (χ4n) is 3.16. The van der Waals surface area contributed by atoms with Crippen molar-refractivity contribution in [3.63, 3.8) is 0 Å². The SMILES string of the molecule is C[C@H](NC(=O)c1nc[nH]c1C(=O)N[C@@H](CCCCN)C(=O)OC(C)(C)C)C(=O)OCc1ccccc1. The Balaban J connectivity index is 2.02. The maximum atomic E-state index is 12.9. The van der Waals surface area contributed by atoms with E-state index in [1.807, 2.05) is 30.3 Å². The van der Waals surface area contributed by atoms with E-state index in [2.05, 4.69) is 20.6 Å². The molecule has 196 valence electrons. The summed E-state index contributed by atoms with van der Waals surface area (Å²) >= 11 is 0. The number of amides is 2. The maximum absolute atomic E-state index is 12.9. The van der Waals surface area contributed by atoms with Crippen LogP contribution in [0.4, 0.5) is 0 Å². The predicted octanol–water partition coefficient (Wildman–Crippen LogP) is 1.84. The summed E-state index contributed by atoms with van der Waals surface area (Å²) in [5, 5.41) is 5.09. The first kappa shape index (κ1) is 28.5. The van der Waals surface area contributed by atoms with Crippen LogP contribution in [0, 0.1) is 0 Å². The summed E-state index contributed by atoms with van der Waals surface area (Å²) in [4.78, 5) is 57.2. The van der Waals surface area contributed by atoms with Gasteiger partial charge in [0.05, 0.1) is 6.33 Å². The number of hydrogen-bond acceptors (Lipinski definition) is 8. The Labute approximate surface area is 210 Å². The van der Waals surface area contributed by atoms with Gasteiger partial charge in [0.2, 0.25) is 0 Å². The van der Waals surface area contributed by atoms with E-state index in [0.29, 0.717) is 25.8 Å². The predicted molar refractivity (Wildman–Crippen MR) is 132 cm³/mol. The Morgan fingerprint density at radius 2 is 1.72 bits per heavy atom. The Kier molecular flexibility index (Phi) is 10.6. The Hall–Kier alpha value is -3.73. The highest BCUT2D eigenvalue weighted by Gasteiger charge is 2.30. The second-order valence-electron chi connectivity index (χ2n) is 9.26. The molecule has 5 N–H and O–H groups in total. The highest BCUT2D eigenvalue weighted by molar-refractivity contribution is 6.06. The molecule has 2 atom stereocenters. The number of benzene rings is 1. The molecule has 2 amide bonds. The van der Waals surface area contributed by atoms with Crippen LogP contribution in [-0.2, 0) is 25.7 Å². The van der Waals surface area contributed by atoms with Crippen molar-refractivity contribution in [3.05, 3.63) is 53.6 Å². The molecule has 0 radical (unpaired) electrons. The molecule has 0 unspecified atom stereocenters. The zero-order valence-electron chi connectivity index (χ0n) is 21.1. The standard InChI is InChI=1S/C25H35N5O6/c1-16(23(33)35-14-17-10-6-5-7-11-17)29-21(31)19-20(28-15-27-19)22(32)30-18(12-8-9-13-26)24(34)36-25(2,3)4/h5-7,10-11,15-16,18H,8-9,12-14,26H2,1-4H3,(H,27,28)(H,29,31)(H,30,32)/t16-,18-/m0/s1. The largest absolute Gasteiger partial charge is 0.459 e. The van der Waals surface area contributed by atoms with E-state index < -0.39 is 41.4 Å². The number of nitrogens with two attached hydrogens (primary N) is 1. The van der Waals surface area contributed by atoms with Crippen molar-refractivity contribution >= 4 is 23.8 Å². The van der Waals surface area contributed by atoms with Gasteiger partial charge in [-0.2, -0.15) is 0 Å². The van der Waals surface area contributed by atoms with Gasteiger partial charge in [0, 0.05) is 0 Å². The molecule has 0 saturated carbocycles. The van der Waals surface area contributed by atoms with Gasteiger partial charge in [-0.1, -0.05) is 30.3 Å². The van der Waals surface area contributed by atoms with Crippen molar-refractivity contribution in [2.45, 2.75) is 71.2 Å². The van der Waals surface area contributed by atoms with Gasteiger partial charge in [-0.25, -0.2) is 14.6 Å². The van der Waals surface area contributed by atoms with Gasteiger partial charge in [-0.05, 0) is 59.1 Å². The van der Waals surface area contributed by atoms with Crippen LogP contribution in [0.25, 0.3) is 0 Å². The number of nitrogens with one attached hydrogen (secondary N) is 3. The lowest BCUT2D eigenvalue weighted by Gasteiger charge is -2.24. The van der Waals surface area contributed by atoms with E-state index in [-0.39, 0.29) is 18.0 Å². The van der Waals surface area contributed by atoms with Gasteiger partial charge in [0.1, 0.15) is 30.0 Å². The molecule has 0 aliphatic rings. The quantitative estimate of drug-likeness (QED) is 0.253.